The molecular formula is C15H18N2O3. The largest absolute Gasteiger partial charge is 0.496 e. The van der Waals surface area contributed by atoms with Gasteiger partial charge in [-0.3, -0.25) is 4.79 Å². The van der Waals surface area contributed by atoms with Crippen LogP contribution >= 0.6 is 0 Å². The first-order chi connectivity index (χ1) is 9.54. The van der Waals surface area contributed by atoms with E-state index in [1.165, 1.54) is 0 Å². The van der Waals surface area contributed by atoms with Crippen molar-refractivity contribution in [1.29, 1.82) is 0 Å². The number of carbonyl (C=O) groups is 1. The van der Waals surface area contributed by atoms with E-state index >= 15 is 0 Å². The summed E-state index contributed by atoms with van der Waals surface area (Å²) >= 11 is 0. The number of rotatable bonds is 4. The molecule has 2 rings (SSSR count). The normalized spacial score (nSPS) is 12.0. The summed E-state index contributed by atoms with van der Waals surface area (Å²) in [5, 5.41) is 6.73. The summed E-state index contributed by atoms with van der Waals surface area (Å²) in [5.74, 6) is 1.07. The summed E-state index contributed by atoms with van der Waals surface area (Å²) in [6, 6.07) is 7.43. The average molecular weight is 274 g/mol. The third-order valence-electron chi connectivity index (χ3n) is 3.21. The van der Waals surface area contributed by atoms with E-state index in [0.29, 0.717) is 17.0 Å². The van der Waals surface area contributed by atoms with Crippen LogP contribution in [-0.2, 0) is 0 Å². The molecule has 0 saturated carbocycles. The Morgan fingerprint density at radius 2 is 2.05 bits per heavy atom. The maximum Gasteiger partial charge on any atom is 0.257 e. The molecule has 0 radical (unpaired) electrons. The molecule has 1 atom stereocenters. The molecule has 2 aromatic rings. The number of ether oxygens (including phenoxy) is 1. The fourth-order valence-corrected chi connectivity index (χ4v) is 2.18. The monoisotopic (exact) mass is 274 g/mol. The summed E-state index contributed by atoms with van der Waals surface area (Å²) in [6.45, 7) is 5.38. The van der Waals surface area contributed by atoms with Crippen LogP contribution in [0.5, 0.6) is 5.75 Å². The van der Waals surface area contributed by atoms with Gasteiger partial charge in [0.1, 0.15) is 17.1 Å². The van der Waals surface area contributed by atoms with Gasteiger partial charge in [-0.2, -0.15) is 0 Å². The van der Waals surface area contributed by atoms with Crippen molar-refractivity contribution in [3.05, 3.63) is 46.8 Å². The van der Waals surface area contributed by atoms with Crippen molar-refractivity contribution in [1.82, 2.24) is 10.5 Å². The predicted octanol–water partition coefficient (Wildman–Crippen LogP) is 2.79. The molecule has 0 aliphatic carbocycles. The highest BCUT2D eigenvalue weighted by atomic mass is 16.5. The molecule has 0 spiro atoms. The van der Waals surface area contributed by atoms with E-state index in [-0.39, 0.29) is 11.9 Å². The van der Waals surface area contributed by atoms with E-state index in [0.717, 1.165) is 11.3 Å². The highest BCUT2D eigenvalue weighted by Gasteiger charge is 2.20. The second-order valence-corrected chi connectivity index (χ2v) is 4.64. The van der Waals surface area contributed by atoms with Crippen LogP contribution in [0.15, 0.2) is 28.8 Å². The fourth-order valence-electron chi connectivity index (χ4n) is 2.18. The minimum atomic E-state index is -0.195. The van der Waals surface area contributed by atoms with Crippen LogP contribution in [0.4, 0.5) is 0 Å². The van der Waals surface area contributed by atoms with E-state index in [9.17, 15) is 4.79 Å². The van der Waals surface area contributed by atoms with Gasteiger partial charge in [0.15, 0.2) is 0 Å². The molecule has 5 heteroatoms. The zero-order valence-corrected chi connectivity index (χ0v) is 12.1. The van der Waals surface area contributed by atoms with Crippen LogP contribution in [0.3, 0.4) is 0 Å². The van der Waals surface area contributed by atoms with Gasteiger partial charge in [-0.25, -0.2) is 0 Å². The number of amides is 1. The third kappa shape index (κ3) is 2.66. The number of aromatic nitrogens is 1. The van der Waals surface area contributed by atoms with E-state index in [2.05, 4.69) is 10.5 Å². The minimum absolute atomic E-state index is 0.174. The van der Waals surface area contributed by atoms with Crippen LogP contribution in [0.1, 0.15) is 40.3 Å². The molecule has 1 heterocycles. The second-order valence-electron chi connectivity index (χ2n) is 4.64. The Bertz CT molecular complexity index is 600. The number of hydrogen-bond donors (Lipinski definition) is 1. The van der Waals surface area contributed by atoms with Gasteiger partial charge >= 0.3 is 0 Å². The minimum Gasteiger partial charge on any atom is -0.496 e. The first-order valence-corrected chi connectivity index (χ1v) is 6.41. The lowest BCUT2D eigenvalue weighted by Gasteiger charge is -2.17. The molecular weight excluding hydrogens is 256 g/mol. The number of carbonyl (C=O) groups excluding carboxylic acids is 1. The van der Waals surface area contributed by atoms with Gasteiger partial charge in [0, 0.05) is 5.56 Å². The van der Waals surface area contributed by atoms with E-state index in [1.54, 1.807) is 21.0 Å². The van der Waals surface area contributed by atoms with Gasteiger partial charge in [0.05, 0.1) is 18.8 Å². The molecule has 0 aliphatic rings. The van der Waals surface area contributed by atoms with E-state index in [4.69, 9.17) is 9.26 Å². The molecule has 0 saturated heterocycles. The smallest absolute Gasteiger partial charge is 0.257 e. The zero-order chi connectivity index (χ0) is 14.7. The van der Waals surface area contributed by atoms with Crippen LogP contribution in [0, 0.1) is 13.8 Å². The molecule has 0 unspecified atom stereocenters. The summed E-state index contributed by atoms with van der Waals surface area (Å²) in [4.78, 5) is 12.3. The van der Waals surface area contributed by atoms with E-state index < -0.39 is 0 Å². The highest BCUT2D eigenvalue weighted by Crippen LogP contribution is 2.25. The Hall–Kier alpha value is -2.30. The predicted molar refractivity (Wildman–Crippen MR) is 74.9 cm³/mol. The maximum atomic E-state index is 12.3. The van der Waals surface area contributed by atoms with Crippen LogP contribution in [0.2, 0.25) is 0 Å². The topological polar surface area (TPSA) is 64.4 Å². The fraction of sp³-hybridized carbons (Fsp3) is 0.333. The Morgan fingerprint density at radius 1 is 1.35 bits per heavy atom. The number of para-hydroxylation sites is 1. The Morgan fingerprint density at radius 3 is 2.65 bits per heavy atom. The quantitative estimate of drug-likeness (QED) is 0.931. The summed E-state index contributed by atoms with van der Waals surface area (Å²) in [5.41, 5.74) is 2.01. The second kappa shape index (κ2) is 5.77. The number of methoxy groups -OCH3 is 1. The molecule has 0 aliphatic heterocycles. The number of hydrogen-bond acceptors (Lipinski definition) is 4. The van der Waals surface area contributed by atoms with Crippen molar-refractivity contribution >= 4 is 5.91 Å². The van der Waals surface area contributed by atoms with Crippen molar-refractivity contribution in [2.45, 2.75) is 26.8 Å². The van der Waals surface area contributed by atoms with Crippen LogP contribution in [-0.4, -0.2) is 18.2 Å². The lowest BCUT2D eigenvalue weighted by Crippen LogP contribution is -2.27. The van der Waals surface area contributed by atoms with Crippen molar-refractivity contribution in [3.63, 3.8) is 0 Å². The van der Waals surface area contributed by atoms with Gasteiger partial charge in [0.25, 0.3) is 5.91 Å². The number of aryl methyl sites for hydroxylation is 2. The zero-order valence-electron chi connectivity index (χ0n) is 12.1. The third-order valence-corrected chi connectivity index (χ3v) is 3.21. The summed E-state index contributed by atoms with van der Waals surface area (Å²) in [7, 11) is 1.61. The molecule has 0 fully saturated rings. The van der Waals surface area contributed by atoms with Gasteiger partial charge < -0.3 is 14.6 Å². The summed E-state index contributed by atoms with van der Waals surface area (Å²) in [6.07, 6.45) is 0. The SMILES string of the molecule is COc1ccccc1[C@@H](C)NC(=O)c1c(C)noc1C. The van der Waals surface area contributed by atoms with Crippen LogP contribution < -0.4 is 10.1 Å². The van der Waals surface area contributed by atoms with Gasteiger partial charge in [-0.1, -0.05) is 23.4 Å². The first kappa shape index (κ1) is 14.1. The molecule has 0 bridgehead atoms. The standard InChI is InChI=1S/C15H18N2O3/c1-9(12-7-5-6-8-13(12)19-4)16-15(18)14-10(2)17-20-11(14)3/h5-9H,1-4H3,(H,16,18)/t9-/m1/s1. The summed E-state index contributed by atoms with van der Waals surface area (Å²) < 4.78 is 10.3. The molecule has 106 valence electrons. The van der Waals surface area contributed by atoms with E-state index in [1.807, 2.05) is 31.2 Å². The number of benzene rings is 1. The lowest BCUT2D eigenvalue weighted by molar-refractivity contribution is 0.0937. The van der Waals surface area contributed by atoms with Gasteiger partial charge in [0.2, 0.25) is 0 Å². The van der Waals surface area contributed by atoms with Crippen LogP contribution in [0.25, 0.3) is 0 Å². The molecule has 1 amide bonds. The molecule has 1 aromatic heterocycles. The molecule has 5 nitrogen and oxygen atoms in total. The Balaban J connectivity index is 2.20. The molecule has 20 heavy (non-hydrogen) atoms. The van der Waals surface area contributed by atoms with Crippen molar-refractivity contribution < 1.29 is 14.1 Å². The van der Waals surface area contributed by atoms with Crippen molar-refractivity contribution in [3.8, 4) is 5.75 Å². The average Bonchev–Trinajstić information content (AvgIpc) is 2.78. The number of nitrogens with one attached hydrogen (secondary N) is 1. The first-order valence-electron chi connectivity index (χ1n) is 6.41. The molecule has 1 aromatic carbocycles. The van der Waals surface area contributed by atoms with Gasteiger partial charge in [-0.15, -0.1) is 0 Å². The van der Waals surface area contributed by atoms with Crippen molar-refractivity contribution in [2.24, 2.45) is 0 Å². The lowest BCUT2D eigenvalue weighted by atomic mass is 10.1. The van der Waals surface area contributed by atoms with Crippen molar-refractivity contribution in [2.75, 3.05) is 7.11 Å². The van der Waals surface area contributed by atoms with Gasteiger partial charge in [-0.05, 0) is 26.8 Å². The highest BCUT2D eigenvalue weighted by molar-refractivity contribution is 5.96. The maximum absolute atomic E-state index is 12.3. The molecule has 1 N–H and O–H groups in total. The Kier molecular flexibility index (Phi) is 4.08. The Labute approximate surface area is 117 Å². The number of nitrogens with zero attached hydrogens (tertiary/aromatic N) is 1.